The summed E-state index contributed by atoms with van der Waals surface area (Å²) in [6.45, 7) is 2.49. The Hall–Kier alpha value is -2.82. The number of amides is 1. The van der Waals surface area contributed by atoms with Gasteiger partial charge in [0.25, 0.3) is 17.2 Å². The highest BCUT2D eigenvalue weighted by Gasteiger charge is 2.28. The average Bonchev–Trinajstić information content (AvgIpc) is 3.17. The van der Waals surface area contributed by atoms with E-state index in [0.29, 0.717) is 43.4 Å². The van der Waals surface area contributed by atoms with Crippen LogP contribution in [0.5, 0.6) is 0 Å². The number of piperazine rings is 1. The lowest BCUT2D eigenvalue weighted by Gasteiger charge is -2.34. The lowest BCUT2D eigenvalue weighted by Crippen LogP contribution is -2.48. The molecule has 4 rings (SSSR count). The van der Waals surface area contributed by atoms with Gasteiger partial charge < -0.3 is 4.90 Å². The van der Waals surface area contributed by atoms with Crippen molar-refractivity contribution in [2.24, 2.45) is 0 Å². The third-order valence-corrected chi connectivity index (χ3v) is 5.78. The highest BCUT2D eigenvalue weighted by atomic mass is 35.5. The second-order valence-electron chi connectivity index (χ2n) is 6.63. The zero-order chi connectivity index (χ0) is 20.5. The Morgan fingerprint density at radius 3 is 2.72 bits per heavy atom. The number of nitro benzene ring substituents is 1. The third-order valence-electron chi connectivity index (χ3n) is 4.79. The van der Waals surface area contributed by atoms with Crippen molar-refractivity contribution in [1.82, 2.24) is 19.2 Å². The molecule has 150 valence electrons. The van der Waals surface area contributed by atoms with E-state index in [2.05, 4.69) is 9.88 Å². The smallest absolute Gasteiger partial charge is 0.282 e. The van der Waals surface area contributed by atoms with Gasteiger partial charge in [0.1, 0.15) is 5.56 Å². The lowest BCUT2D eigenvalue weighted by atomic mass is 10.1. The number of halogens is 1. The minimum absolute atomic E-state index is 0.00575. The number of carbonyl (C=O) groups excluding carboxylic acids is 1. The molecule has 0 aliphatic carbocycles. The van der Waals surface area contributed by atoms with E-state index in [1.165, 1.54) is 40.0 Å². The van der Waals surface area contributed by atoms with Gasteiger partial charge >= 0.3 is 0 Å². The molecule has 1 amide bonds. The van der Waals surface area contributed by atoms with Crippen LogP contribution in [0.15, 0.2) is 40.6 Å². The number of hydrogen-bond donors (Lipinski definition) is 0. The van der Waals surface area contributed by atoms with Crippen molar-refractivity contribution in [2.45, 2.75) is 6.54 Å². The number of hydrogen-bond acceptors (Lipinski definition) is 7. The van der Waals surface area contributed by atoms with Crippen LogP contribution in [0, 0.1) is 10.1 Å². The van der Waals surface area contributed by atoms with Crippen LogP contribution in [0.2, 0.25) is 5.02 Å². The van der Waals surface area contributed by atoms with E-state index in [1.54, 1.807) is 11.1 Å². The number of thiazole rings is 1. The van der Waals surface area contributed by atoms with E-state index < -0.39 is 10.8 Å². The molecule has 1 aromatic carbocycles. The van der Waals surface area contributed by atoms with Gasteiger partial charge in [0.15, 0.2) is 4.96 Å². The summed E-state index contributed by atoms with van der Waals surface area (Å²) in [5.74, 6) is -0.407. The first-order valence-electron chi connectivity index (χ1n) is 8.84. The van der Waals surface area contributed by atoms with Crippen molar-refractivity contribution in [3.8, 4) is 0 Å². The summed E-state index contributed by atoms with van der Waals surface area (Å²) in [7, 11) is 0. The summed E-state index contributed by atoms with van der Waals surface area (Å²) in [5.41, 5.74) is 0.306. The number of benzene rings is 1. The van der Waals surface area contributed by atoms with E-state index >= 15 is 0 Å². The minimum atomic E-state index is -0.579. The van der Waals surface area contributed by atoms with Gasteiger partial charge in [-0.05, 0) is 12.1 Å². The van der Waals surface area contributed by atoms with Crippen LogP contribution >= 0.6 is 22.9 Å². The van der Waals surface area contributed by atoms with Crippen molar-refractivity contribution in [3.63, 3.8) is 0 Å². The second-order valence-corrected chi connectivity index (χ2v) is 7.94. The van der Waals surface area contributed by atoms with Gasteiger partial charge in [0.05, 0.1) is 10.6 Å². The number of fused-ring (bicyclic) bond motifs is 1. The summed E-state index contributed by atoms with van der Waals surface area (Å²) in [6, 6.07) is 5.50. The molecule has 11 heteroatoms. The van der Waals surface area contributed by atoms with Crippen molar-refractivity contribution in [2.75, 3.05) is 26.2 Å². The highest BCUT2D eigenvalue weighted by molar-refractivity contribution is 7.15. The van der Waals surface area contributed by atoms with E-state index in [9.17, 15) is 19.7 Å². The highest BCUT2D eigenvalue weighted by Crippen LogP contribution is 2.24. The zero-order valence-electron chi connectivity index (χ0n) is 15.2. The SMILES string of the molecule is O=C(c1cc(Cl)ccc1[N+](=O)[O-])N1CCN(Cc2cc(=O)n3ccsc3n2)CC1. The van der Waals surface area contributed by atoms with Crippen LogP contribution in [0.25, 0.3) is 4.96 Å². The van der Waals surface area contributed by atoms with Gasteiger partial charge in [0.2, 0.25) is 0 Å². The summed E-state index contributed by atoms with van der Waals surface area (Å²) in [6.07, 6.45) is 1.69. The molecule has 3 aromatic rings. The lowest BCUT2D eigenvalue weighted by molar-refractivity contribution is -0.385. The first-order chi connectivity index (χ1) is 13.9. The summed E-state index contributed by atoms with van der Waals surface area (Å²) >= 11 is 7.33. The minimum Gasteiger partial charge on any atom is -0.336 e. The molecule has 9 nitrogen and oxygen atoms in total. The molecule has 29 heavy (non-hydrogen) atoms. The predicted octanol–water partition coefficient (Wildman–Crippen LogP) is 2.28. The average molecular weight is 434 g/mol. The molecule has 0 N–H and O–H groups in total. The molecule has 0 radical (unpaired) electrons. The van der Waals surface area contributed by atoms with E-state index in [0.717, 1.165) is 0 Å². The Morgan fingerprint density at radius 2 is 2.00 bits per heavy atom. The van der Waals surface area contributed by atoms with Crippen LogP contribution in [-0.4, -0.2) is 56.2 Å². The van der Waals surface area contributed by atoms with Crippen LogP contribution in [0.4, 0.5) is 5.69 Å². The van der Waals surface area contributed by atoms with Crippen LogP contribution in [-0.2, 0) is 6.54 Å². The topological polar surface area (TPSA) is 101 Å². The van der Waals surface area contributed by atoms with Gasteiger partial charge in [-0.1, -0.05) is 11.6 Å². The predicted molar refractivity (Wildman–Crippen MR) is 109 cm³/mol. The Balaban J connectivity index is 1.44. The van der Waals surface area contributed by atoms with E-state index in [-0.39, 0.29) is 21.8 Å². The molecule has 3 heterocycles. The molecule has 0 saturated carbocycles. The number of aromatic nitrogens is 2. The molecule has 1 saturated heterocycles. The van der Waals surface area contributed by atoms with E-state index in [4.69, 9.17) is 11.6 Å². The van der Waals surface area contributed by atoms with Gasteiger partial charge in [-0.15, -0.1) is 11.3 Å². The molecule has 0 spiro atoms. The van der Waals surface area contributed by atoms with Gasteiger partial charge in [-0.25, -0.2) is 4.98 Å². The molecule has 2 aromatic heterocycles. The first-order valence-corrected chi connectivity index (χ1v) is 10.1. The molecule has 1 aliphatic heterocycles. The number of nitro groups is 1. The second kappa shape index (κ2) is 7.90. The fourth-order valence-electron chi connectivity index (χ4n) is 3.32. The molecule has 0 bridgehead atoms. The Labute approximate surface area is 173 Å². The summed E-state index contributed by atoms with van der Waals surface area (Å²) in [4.78, 5) is 44.4. The monoisotopic (exact) mass is 433 g/mol. The van der Waals surface area contributed by atoms with Crippen molar-refractivity contribution < 1.29 is 9.72 Å². The van der Waals surface area contributed by atoms with Crippen molar-refractivity contribution in [1.29, 1.82) is 0 Å². The molecule has 1 aliphatic rings. The van der Waals surface area contributed by atoms with Crippen molar-refractivity contribution in [3.05, 3.63) is 72.6 Å². The first kappa shape index (κ1) is 19.5. The largest absolute Gasteiger partial charge is 0.336 e. The van der Waals surface area contributed by atoms with Gasteiger partial charge in [-0.2, -0.15) is 0 Å². The van der Waals surface area contributed by atoms with E-state index in [1.807, 2.05) is 5.38 Å². The quantitative estimate of drug-likeness (QED) is 0.462. The Morgan fingerprint density at radius 1 is 1.24 bits per heavy atom. The zero-order valence-corrected chi connectivity index (χ0v) is 16.7. The van der Waals surface area contributed by atoms with Crippen LogP contribution in [0.1, 0.15) is 16.1 Å². The standard InChI is InChI=1S/C18H16ClN5O4S/c19-12-1-2-15(24(27)28)14(9-12)17(26)22-5-3-21(4-6-22)11-13-10-16(25)23-7-8-29-18(23)20-13/h1-2,7-10H,3-6,11H2. The Bertz CT molecular complexity index is 1150. The molecule has 1 fully saturated rings. The molecular formula is C18H16ClN5O4S. The third kappa shape index (κ3) is 4.00. The summed E-state index contributed by atoms with van der Waals surface area (Å²) in [5, 5.41) is 13.3. The number of nitrogens with zero attached hydrogens (tertiary/aromatic N) is 5. The maximum atomic E-state index is 12.8. The molecule has 0 unspecified atom stereocenters. The number of carbonyl (C=O) groups is 1. The maximum Gasteiger partial charge on any atom is 0.282 e. The maximum absolute atomic E-state index is 12.8. The number of rotatable bonds is 4. The molecular weight excluding hydrogens is 418 g/mol. The summed E-state index contributed by atoms with van der Waals surface area (Å²) < 4.78 is 1.50. The fraction of sp³-hybridized carbons (Fsp3) is 0.278. The van der Waals surface area contributed by atoms with Crippen LogP contribution < -0.4 is 5.56 Å². The fourth-order valence-corrected chi connectivity index (χ4v) is 4.23. The van der Waals surface area contributed by atoms with Gasteiger partial charge in [0, 0.05) is 61.5 Å². The molecule has 0 atom stereocenters. The van der Waals surface area contributed by atoms with Crippen molar-refractivity contribution >= 4 is 39.5 Å². The van der Waals surface area contributed by atoms with Crippen LogP contribution in [0.3, 0.4) is 0 Å². The van der Waals surface area contributed by atoms with Gasteiger partial charge in [-0.3, -0.25) is 29.0 Å². The Kier molecular flexibility index (Phi) is 5.31. The normalized spacial score (nSPS) is 15.0.